The lowest BCUT2D eigenvalue weighted by Crippen LogP contribution is -2.40. The summed E-state index contributed by atoms with van der Waals surface area (Å²) in [5, 5.41) is 19.1. The van der Waals surface area contributed by atoms with E-state index in [2.05, 4.69) is 11.0 Å². The molecule has 0 bridgehead atoms. The van der Waals surface area contributed by atoms with Crippen LogP contribution in [0.25, 0.3) is 0 Å². The minimum absolute atomic E-state index is 0.169. The van der Waals surface area contributed by atoms with Crippen molar-refractivity contribution in [1.82, 2.24) is 0 Å². The van der Waals surface area contributed by atoms with Crippen LogP contribution in [0.2, 0.25) is 0 Å². The van der Waals surface area contributed by atoms with Gasteiger partial charge in [-0.1, -0.05) is 0 Å². The van der Waals surface area contributed by atoms with Crippen LogP contribution in [-0.4, -0.2) is 44.6 Å². The number of nitriles is 1. The third kappa shape index (κ3) is 4.14. The van der Waals surface area contributed by atoms with Crippen molar-refractivity contribution in [1.29, 1.82) is 5.26 Å². The van der Waals surface area contributed by atoms with Gasteiger partial charge in [0.15, 0.2) is 0 Å². The molecule has 2 aromatic carbocycles. The van der Waals surface area contributed by atoms with Crippen molar-refractivity contribution in [3.8, 4) is 23.3 Å². The summed E-state index contributed by atoms with van der Waals surface area (Å²) in [4.78, 5) is 2.06. The summed E-state index contributed by atoms with van der Waals surface area (Å²) in [6, 6.07) is 14.5. The Morgan fingerprint density at radius 1 is 1.24 bits per heavy atom. The average molecular weight is 340 g/mol. The van der Waals surface area contributed by atoms with Crippen LogP contribution in [-0.2, 0) is 0 Å². The number of methoxy groups -OCH3 is 1. The summed E-state index contributed by atoms with van der Waals surface area (Å²) < 4.78 is 16.5. The molecule has 6 nitrogen and oxygen atoms in total. The van der Waals surface area contributed by atoms with Crippen LogP contribution in [0.1, 0.15) is 5.56 Å². The number of anilines is 1. The highest BCUT2D eigenvalue weighted by Crippen LogP contribution is 2.34. The summed E-state index contributed by atoms with van der Waals surface area (Å²) in [7, 11) is 1.62. The molecule has 0 saturated carbocycles. The molecule has 1 N–H and O–H groups in total. The first-order valence-electron chi connectivity index (χ1n) is 8.06. The third-order valence-electron chi connectivity index (χ3n) is 3.98. The molecule has 0 fully saturated rings. The summed E-state index contributed by atoms with van der Waals surface area (Å²) in [5.74, 6) is 2.16. The molecule has 1 atom stereocenters. The van der Waals surface area contributed by atoms with Gasteiger partial charge >= 0.3 is 0 Å². The molecule has 1 unspecified atom stereocenters. The summed E-state index contributed by atoms with van der Waals surface area (Å²) in [6.07, 6.45) is -0.659. The van der Waals surface area contributed by atoms with Crippen molar-refractivity contribution in [3.63, 3.8) is 0 Å². The largest absolute Gasteiger partial charge is 0.497 e. The van der Waals surface area contributed by atoms with Crippen molar-refractivity contribution in [2.24, 2.45) is 0 Å². The van der Waals surface area contributed by atoms with Crippen LogP contribution in [0, 0.1) is 11.3 Å². The maximum absolute atomic E-state index is 10.3. The van der Waals surface area contributed by atoms with Gasteiger partial charge < -0.3 is 24.2 Å². The van der Waals surface area contributed by atoms with Crippen molar-refractivity contribution >= 4 is 5.69 Å². The van der Waals surface area contributed by atoms with Crippen LogP contribution in [0.5, 0.6) is 17.2 Å². The minimum Gasteiger partial charge on any atom is -0.497 e. The van der Waals surface area contributed by atoms with Crippen LogP contribution in [0.3, 0.4) is 0 Å². The van der Waals surface area contributed by atoms with Crippen LogP contribution in [0.15, 0.2) is 42.5 Å². The first kappa shape index (κ1) is 16.9. The Balaban J connectivity index is 1.60. The predicted octanol–water partition coefficient (Wildman–Crippen LogP) is 2.21. The molecular weight excluding hydrogens is 320 g/mol. The molecule has 0 aromatic heterocycles. The van der Waals surface area contributed by atoms with Gasteiger partial charge in [-0.05, 0) is 36.4 Å². The molecule has 130 valence electrons. The minimum atomic E-state index is -0.659. The highest BCUT2D eigenvalue weighted by molar-refractivity contribution is 5.62. The van der Waals surface area contributed by atoms with E-state index in [9.17, 15) is 5.11 Å². The van der Waals surface area contributed by atoms with E-state index < -0.39 is 6.10 Å². The lowest BCUT2D eigenvalue weighted by molar-refractivity contribution is 0.110. The third-order valence-corrected chi connectivity index (χ3v) is 3.98. The molecule has 0 amide bonds. The van der Waals surface area contributed by atoms with E-state index in [4.69, 9.17) is 19.5 Å². The number of rotatable bonds is 6. The SMILES string of the molecule is COc1ccc2c(c1)N(CC(O)COc1ccc(C#N)cc1)CCO2. The number of nitrogens with zero attached hydrogens (tertiary/aromatic N) is 2. The topological polar surface area (TPSA) is 75.0 Å². The molecule has 0 radical (unpaired) electrons. The number of ether oxygens (including phenoxy) is 3. The van der Waals surface area contributed by atoms with Crippen LogP contribution >= 0.6 is 0 Å². The quantitative estimate of drug-likeness (QED) is 0.869. The van der Waals surface area contributed by atoms with E-state index in [1.54, 1.807) is 31.4 Å². The van der Waals surface area contributed by atoms with E-state index in [0.29, 0.717) is 31.0 Å². The van der Waals surface area contributed by atoms with Crippen molar-refractivity contribution in [2.75, 3.05) is 38.3 Å². The Morgan fingerprint density at radius 3 is 2.72 bits per heavy atom. The highest BCUT2D eigenvalue weighted by Gasteiger charge is 2.21. The molecular formula is C19H20N2O4. The molecule has 3 rings (SSSR count). The van der Waals surface area contributed by atoms with Crippen molar-refractivity contribution in [2.45, 2.75) is 6.10 Å². The maximum Gasteiger partial charge on any atom is 0.142 e. The molecule has 1 heterocycles. The van der Waals surface area contributed by atoms with E-state index >= 15 is 0 Å². The summed E-state index contributed by atoms with van der Waals surface area (Å²) in [5.41, 5.74) is 1.48. The van der Waals surface area contributed by atoms with Gasteiger partial charge in [0.25, 0.3) is 0 Å². The number of hydrogen-bond donors (Lipinski definition) is 1. The number of aliphatic hydroxyl groups excluding tert-OH is 1. The van der Waals surface area contributed by atoms with Gasteiger partial charge in [0.05, 0.1) is 31.0 Å². The zero-order chi connectivity index (χ0) is 17.6. The number of aliphatic hydroxyl groups is 1. The van der Waals surface area contributed by atoms with Gasteiger partial charge in [0, 0.05) is 12.6 Å². The van der Waals surface area contributed by atoms with Gasteiger partial charge in [0.2, 0.25) is 0 Å². The normalized spacial score (nSPS) is 14.0. The second-order valence-corrected chi connectivity index (χ2v) is 5.73. The van der Waals surface area contributed by atoms with E-state index in [0.717, 1.165) is 17.2 Å². The second kappa shape index (κ2) is 7.77. The first-order valence-corrected chi connectivity index (χ1v) is 8.06. The fourth-order valence-corrected chi connectivity index (χ4v) is 2.69. The van der Waals surface area contributed by atoms with Crippen LogP contribution in [0.4, 0.5) is 5.69 Å². The molecule has 6 heteroatoms. The lowest BCUT2D eigenvalue weighted by atomic mass is 10.2. The van der Waals surface area contributed by atoms with Gasteiger partial charge in [-0.15, -0.1) is 0 Å². The number of fused-ring (bicyclic) bond motifs is 1. The smallest absolute Gasteiger partial charge is 0.142 e. The zero-order valence-corrected chi connectivity index (χ0v) is 14.0. The average Bonchev–Trinajstić information content (AvgIpc) is 2.66. The standard InChI is InChI=1S/C19H20N2O4/c1-23-17-6-7-19-18(10-17)21(8-9-24-19)12-15(22)13-25-16-4-2-14(11-20)3-5-16/h2-7,10,15,22H,8-9,12-13H2,1H3. The van der Waals surface area contributed by atoms with E-state index in [1.165, 1.54) is 0 Å². The molecule has 1 aliphatic rings. The van der Waals surface area contributed by atoms with E-state index in [-0.39, 0.29) is 6.61 Å². The van der Waals surface area contributed by atoms with Gasteiger partial charge in [-0.3, -0.25) is 0 Å². The Kier molecular flexibility index (Phi) is 5.26. The van der Waals surface area contributed by atoms with Crippen LogP contribution < -0.4 is 19.1 Å². The Morgan fingerprint density at radius 2 is 2.00 bits per heavy atom. The monoisotopic (exact) mass is 340 g/mol. The summed E-state index contributed by atoms with van der Waals surface area (Å²) in [6.45, 7) is 1.86. The molecule has 0 aliphatic carbocycles. The molecule has 25 heavy (non-hydrogen) atoms. The Bertz CT molecular complexity index is 755. The molecule has 0 spiro atoms. The van der Waals surface area contributed by atoms with Crippen molar-refractivity contribution in [3.05, 3.63) is 48.0 Å². The van der Waals surface area contributed by atoms with E-state index in [1.807, 2.05) is 18.2 Å². The first-order chi connectivity index (χ1) is 12.2. The van der Waals surface area contributed by atoms with Gasteiger partial charge in [0.1, 0.15) is 36.6 Å². The fraction of sp³-hybridized carbons (Fsp3) is 0.316. The predicted molar refractivity (Wildman–Crippen MR) is 93.4 cm³/mol. The molecule has 2 aromatic rings. The lowest BCUT2D eigenvalue weighted by Gasteiger charge is -2.32. The second-order valence-electron chi connectivity index (χ2n) is 5.73. The van der Waals surface area contributed by atoms with Gasteiger partial charge in [-0.25, -0.2) is 0 Å². The van der Waals surface area contributed by atoms with Gasteiger partial charge in [-0.2, -0.15) is 5.26 Å². The summed E-state index contributed by atoms with van der Waals surface area (Å²) >= 11 is 0. The molecule has 0 saturated heterocycles. The number of benzene rings is 2. The maximum atomic E-state index is 10.3. The number of β-amino-alcohol motifs (C(OH)–C–C–N with tert-alkyl or cyclic N) is 1. The van der Waals surface area contributed by atoms with Crippen molar-refractivity contribution < 1.29 is 19.3 Å². The zero-order valence-electron chi connectivity index (χ0n) is 14.0. The Labute approximate surface area is 146 Å². The Hall–Kier alpha value is -2.91. The molecule has 1 aliphatic heterocycles. The highest BCUT2D eigenvalue weighted by atomic mass is 16.5. The number of hydrogen-bond acceptors (Lipinski definition) is 6. The fourth-order valence-electron chi connectivity index (χ4n) is 2.69.